The van der Waals surface area contributed by atoms with Gasteiger partial charge in [-0.25, -0.2) is 4.79 Å². The van der Waals surface area contributed by atoms with E-state index in [9.17, 15) is 4.79 Å². The molecule has 2 aromatic rings. The van der Waals surface area contributed by atoms with Crippen LogP contribution >= 0.6 is 0 Å². The molecule has 43 heavy (non-hydrogen) atoms. The van der Waals surface area contributed by atoms with Gasteiger partial charge in [0.15, 0.2) is 12.4 Å². The van der Waals surface area contributed by atoms with Crippen molar-refractivity contribution < 1.29 is 36.7 Å². The number of methoxy groups -OCH3 is 1. The minimum atomic E-state index is -2.98. The Morgan fingerprint density at radius 2 is 1.37 bits per heavy atom. The van der Waals surface area contributed by atoms with Crippen molar-refractivity contribution in [3.05, 3.63) is 71.8 Å². The van der Waals surface area contributed by atoms with Crippen LogP contribution in [0.2, 0.25) is 22.2 Å². The van der Waals surface area contributed by atoms with E-state index in [4.69, 9.17) is 31.9 Å². The van der Waals surface area contributed by atoms with E-state index in [2.05, 4.69) is 55.4 Å². The van der Waals surface area contributed by atoms with E-state index in [1.165, 1.54) is 0 Å². The van der Waals surface area contributed by atoms with E-state index in [0.717, 1.165) is 5.56 Å². The zero-order valence-corrected chi connectivity index (χ0v) is 29.1. The van der Waals surface area contributed by atoms with Crippen LogP contribution in [0.5, 0.6) is 0 Å². The number of rotatable bonds is 10. The van der Waals surface area contributed by atoms with Crippen LogP contribution < -0.4 is 0 Å². The van der Waals surface area contributed by atoms with E-state index in [0.29, 0.717) is 5.56 Å². The molecule has 0 spiro atoms. The Bertz CT molecular complexity index is 1140. The highest BCUT2D eigenvalue weighted by molar-refractivity contribution is 6.84. The molecule has 5 atom stereocenters. The van der Waals surface area contributed by atoms with Crippen molar-refractivity contribution in [1.82, 2.24) is 0 Å². The lowest BCUT2D eigenvalue weighted by molar-refractivity contribution is -0.306. The van der Waals surface area contributed by atoms with Crippen LogP contribution in [0.15, 0.2) is 60.7 Å². The molecule has 2 aliphatic heterocycles. The minimum Gasteiger partial charge on any atom is -0.450 e. The van der Waals surface area contributed by atoms with Gasteiger partial charge in [0.2, 0.25) is 0 Å². The molecule has 0 unspecified atom stereocenters. The molecule has 4 rings (SSSR count). The zero-order chi connectivity index (χ0) is 31.4. The minimum absolute atomic E-state index is 0.120. The van der Waals surface area contributed by atoms with Crippen molar-refractivity contribution in [2.24, 2.45) is 0 Å². The van der Waals surface area contributed by atoms with Crippen LogP contribution in [-0.4, -0.2) is 67.5 Å². The van der Waals surface area contributed by atoms with Gasteiger partial charge in [0.05, 0.1) is 18.8 Å². The molecule has 0 amide bonds. The van der Waals surface area contributed by atoms with E-state index in [1.54, 1.807) is 31.4 Å². The maximum Gasteiger partial charge on any atom is 0.338 e. The van der Waals surface area contributed by atoms with E-state index < -0.39 is 53.8 Å². The van der Waals surface area contributed by atoms with Crippen molar-refractivity contribution in [1.29, 1.82) is 0 Å². The first kappa shape index (κ1) is 34.0. The summed E-state index contributed by atoms with van der Waals surface area (Å²) < 4.78 is 46.9. The lowest BCUT2D eigenvalue weighted by atomic mass is 9.98. The number of hydrogen-bond acceptors (Lipinski definition) is 8. The van der Waals surface area contributed by atoms with Gasteiger partial charge in [0, 0.05) is 7.11 Å². The summed E-state index contributed by atoms with van der Waals surface area (Å²) in [6.45, 7) is 18.0. The van der Waals surface area contributed by atoms with Gasteiger partial charge in [0.25, 0.3) is 0 Å². The average Bonchev–Trinajstić information content (AvgIpc) is 2.97. The average molecular weight is 631 g/mol. The predicted molar refractivity (Wildman–Crippen MR) is 170 cm³/mol. The molecular formula is C33H50O8Si2. The Morgan fingerprint density at radius 3 is 1.91 bits per heavy atom. The Morgan fingerprint density at radius 1 is 0.814 bits per heavy atom. The fraction of sp³-hybridized carbons (Fsp3) is 0.606. The molecular weight excluding hydrogens is 581 g/mol. The maximum absolute atomic E-state index is 13.4. The lowest BCUT2D eigenvalue weighted by Gasteiger charge is -2.55. The highest BCUT2D eigenvalue weighted by atomic mass is 28.5. The largest absolute Gasteiger partial charge is 0.450 e. The van der Waals surface area contributed by atoms with Gasteiger partial charge < -0.3 is 31.9 Å². The Kier molecular flexibility index (Phi) is 11.4. The lowest BCUT2D eigenvalue weighted by Crippen LogP contribution is -2.70. The number of carbonyl (C=O) groups excluding carboxylic acids is 1. The third-order valence-corrected chi connectivity index (χ3v) is 19.0. The first-order chi connectivity index (χ1) is 20.4. The van der Waals surface area contributed by atoms with Crippen molar-refractivity contribution in [3.8, 4) is 0 Å². The Hall–Kier alpha value is -1.90. The topological polar surface area (TPSA) is 81.7 Å². The normalized spacial score (nSPS) is 27.1. The van der Waals surface area contributed by atoms with Gasteiger partial charge in [-0.1, -0.05) is 104 Å². The second-order valence-electron chi connectivity index (χ2n) is 12.8. The number of carbonyl (C=O) groups is 1. The summed E-state index contributed by atoms with van der Waals surface area (Å²) in [5.74, 6) is -0.483. The third-order valence-electron chi connectivity index (χ3n) is 8.70. The summed E-state index contributed by atoms with van der Waals surface area (Å²) >= 11 is 0. The molecule has 0 saturated carbocycles. The standard InChI is InChI=1S/C33H50O8Si2/c1-22(2)42(23(3)4)37-21-28-29(40-43(41-42,24(5)6)25(7)8)30(35-9)31(39-32(34)27-18-14-11-15-19-27)33(38-28)36-20-26-16-12-10-13-17-26/h10-19,22-25,28-31,33H,20-21H2,1-9H3/t28-,29-,30+,31-,33+/m1/s1. The Labute approximate surface area is 259 Å². The van der Waals surface area contributed by atoms with Crippen LogP contribution in [0.1, 0.15) is 71.3 Å². The molecule has 2 fully saturated rings. The molecule has 2 aromatic carbocycles. The monoisotopic (exact) mass is 630 g/mol. The van der Waals surface area contributed by atoms with Gasteiger partial charge in [-0.3, -0.25) is 0 Å². The Balaban J connectivity index is 1.75. The number of fused-ring (bicyclic) bond motifs is 1. The van der Waals surface area contributed by atoms with Crippen molar-refractivity contribution in [2.45, 2.75) is 115 Å². The van der Waals surface area contributed by atoms with Gasteiger partial charge in [-0.05, 0) is 39.9 Å². The highest BCUT2D eigenvalue weighted by Crippen LogP contribution is 2.47. The maximum atomic E-state index is 13.4. The zero-order valence-electron chi connectivity index (χ0n) is 27.1. The number of esters is 1. The molecule has 10 heteroatoms. The number of benzene rings is 2. The van der Waals surface area contributed by atoms with Gasteiger partial charge in [-0.15, -0.1) is 0 Å². The molecule has 2 heterocycles. The van der Waals surface area contributed by atoms with E-state index >= 15 is 0 Å². The first-order valence-corrected chi connectivity index (χ1v) is 19.5. The molecule has 2 aliphatic rings. The smallest absolute Gasteiger partial charge is 0.338 e. The van der Waals surface area contributed by atoms with Crippen LogP contribution in [0.3, 0.4) is 0 Å². The fourth-order valence-corrected chi connectivity index (χ4v) is 17.5. The summed E-state index contributed by atoms with van der Waals surface area (Å²) in [6, 6.07) is 18.8. The SMILES string of the molecule is CO[C@@H]1[C@@H](OC(=O)c2ccccc2)[C@@H](OCc2ccccc2)O[C@@H]2CO[Si](C(C)C)(C(C)C)O[Si](C(C)C)(C(C)C)O[C@@H]12. The highest BCUT2D eigenvalue weighted by Gasteiger charge is 2.62. The van der Waals surface area contributed by atoms with E-state index in [1.807, 2.05) is 36.4 Å². The van der Waals surface area contributed by atoms with Crippen molar-refractivity contribution >= 4 is 23.1 Å². The van der Waals surface area contributed by atoms with Gasteiger partial charge >= 0.3 is 23.1 Å². The van der Waals surface area contributed by atoms with Gasteiger partial charge in [-0.2, -0.15) is 0 Å². The molecule has 0 radical (unpaired) electrons. The summed E-state index contributed by atoms with van der Waals surface area (Å²) in [5.41, 5.74) is 2.05. The molecule has 0 aromatic heterocycles. The third kappa shape index (κ3) is 7.17. The predicted octanol–water partition coefficient (Wildman–Crippen LogP) is 7.13. The number of hydrogen-bond donors (Lipinski definition) is 0. The second-order valence-corrected chi connectivity index (χ2v) is 21.7. The quantitative estimate of drug-likeness (QED) is 0.203. The molecule has 0 N–H and O–H groups in total. The summed E-state index contributed by atoms with van der Waals surface area (Å²) in [7, 11) is -4.14. The summed E-state index contributed by atoms with van der Waals surface area (Å²) in [6.07, 6.45) is -3.61. The molecule has 0 bridgehead atoms. The van der Waals surface area contributed by atoms with Crippen molar-refractivity contribution in [2.75, 3.05) is 13.7 Å². The van der Waals surface area contributed by atoms with E-state index in [-0.39, 0.29) is 35.4 Å². The number of ether oxygens (including phenoxy) is 4. The molecule has 8 nitrogen and oxygen atoms in total. The summed E-state index contributed by atoms with van der Waals surface area (Å²) in [5, 5.41) is 0. The molecule has 2 saturated heterocycles. The van der Waals surface area contributed by atoms with Crippen molar-refractivity contribution in [3.63, 3.8) is 0 Å². The van der Waals surface area contributed by atoms with Crippen LogP contribution in [-0.2, 0) is 38.5 Å². The fourth-order valence-electron chi connectivity index (χ4n) is 6.34. The van der Waals surface area contributed by atoms with Crippen LogP contribution in [0.25, 0.3) is 0 Å². The second kappa shape index (κ2) is 14.5. The van der Waals surface area contributed by atoms with Crippen LogP contribution in [0.4, 0.5) is 0 Å². The van der Waals surface area contributed by atoms with Crippen LogP contribution in [0, 0.1) is 0 Å². The summed E-state index contributed by atoms with van der Waals surface area (Å²) in [4.78, 5) is 13.4. The molecule has 238 valence electrons. The first-order valence-electron chi connectivity index (χ1n) is 15.6. The van der Waals surface area contributed by atoms with Gasteiger partial charge in [0.1, 0.15) is 18.3 Å². The molecule has 0 aliphatic carbocycles.